The lowest BCUT2D eigenvalue weighted by molar-refractivity contribution is 0.0690. The molecule has 0 fully saturated rings. The molecule has 0 bridgehead atoms. The van der Waals surface area contributed by atoms with E-state index in [9.17, 15) is 9.59 Å². The van der Waals surface area contributed by atoms with E-state index in [0.29, 0.717) is 6.54 Å². The number of hydrogen-bond acceptors (Lipinski definition) is 5. The van der Waals surface area contributed by atoms with Crippen LogP contribution in [0.3, 0.4) is 0 Å². The number of nitrogens with one attached hydrogen (secondary N) is 1. The molecule has 0 spiro atoms. The van der Waals surface area contributed by atoms with Gasteiger partial charge in [-0.3, -0.25) is 4.79 Å². The summed E-state index contributed by atoms with van der Waals surface area (Å²) in [7, 11) is 0. The van der Waals surface area contributed by atoms with Gasteiger partial charge in [-0.15, -0.1) is 11.3 Å². The molecule has 0 aliphatic rings. The second-order valence-electron chi connectivity index (χ2n) is 3.78. The van der Waals surface area contributed by atoms with Gasteiger partial charge in [-0.25, -0.2) is 14.8 Å². The molecule has 0 aliphatic heterocycles. The second-order valence-corrected chi connectivity index (χ2v) is 4.72. The average molecular weight is 277 g/mol. The number of pyridine rings is 1. The number of thiazole rings is 1. The summed E-state index contributed by atoms with van der Waals surface area (Å²) in [5.74, 6) is -1.58. The van der Waals surface area contributed by atoms with Gasteiger partial charge in [-0.2, -0.15) is 0 Å². The van der Waals surface area contributed by atoms with Crippen molar-refractivity contribution >= 4 is 23.2 Å². The number of rotatable bonds is 4. The van der Waals surface area contributed by atoms with E-state index in [1.54, 1.807) is 0 Å². The van der Waals surface area contributed by atoms with Crippen LogP contribution in [0.15, 0.2) is 23.6 Å². The Balaban J connectivity index is 2.03. The van der Waals surface area contributed by atoms with E-state index < -0.39 is 11.9 Å². The predicted octanol–water partition coefficient (Wildman–Crippen LogP) is 1.47. The highest BCUT2D eigenvalue weighted by molar-refractivity contribution is 7.09. The molecule has 0 atom stereocenters. The van der Waals surface area contributed by atoms with Crippen molar-refractivity contribution in [2.45, 2.75) is 13.5 Å². The Kier molecular flexibility index (Phi) is 3.86. The van der Waals surface area contributed by atoms with Crippen molar-refractivity contribution in [3.63, 3.8) is 0 Å². The molecule has 0 unspecified atom stereocenters. The number of aryl methyl sites for hydroxylation is 1. The number of carbonyl (C=O) groups excluding carboxylic acids is 1. The van der Waals surface area contributed by atoms with E-state index in [0.717, 1.165) is 10.7 Å². The van der Waals surface area contributed by atoms with Crippen LogP contribution in [0.4, 0.5) is 0 Å². The van der Waals surface area contributed by atoms with Crippen LogP contribution in [-0.4, -0.2) is 27.0 Å². The minimum atomic E-state index is -1.16. The fourth-order valence-electron chi connectivity index (χ4n) is 1.41. The molecule has 0 radical (unpaired) electrons. The Bertz CT molecular complexity index is 624. The lowest BCUT2D eigenvalue weighted by Gasteiger charge is -2.03. The Labute approximate surface area is 113 Å². The van der Waals surface area contributed by atoms with Crippen molar-refractivity contribution < 1.29 is 14.7 Å². The lowest BCUT2D eigenvalue weighted by Crippen LogP contribution is -2.24. The molecule has 2 rings (SSSR count). The topological polar surface area (TPSA) is 92.2 Å². The van der Waals surface area contributed by atoms with Gasteiger partial charge in [-0.05, 0) is 19.1 Å². The van der Waals surface area contributed by atoms with Gasteiger partial charge >= 0.3 is 5.97 Å². The first-order chi connectivity index (χ1) is 9.06. The fraction of sp³-hybridized carbons (Fsp3) is 0.167. The highest BCUT2D eigenvalue weighted by Crippen LogP contribution is 2.08. The highest BCUT2D eigenvalue weighted by Gasteiger charge is 2.11. The Morgan fingerprint density at radius 2 is 2.05 bits per heavy atom. The fourth-order valence-corrected chi connectivity index (χ4v) is 2.12. The van der Waals surface area contributed by atoms with E-state index in [2.05, 4.69) is 15.3 Å². The third-order valence-corrected chi connectivity index (χ3v) is 3.23. The van der Waals surface area contributed by atoms with Crippen LogP contribution in [-0.2, 0) is 6.54 Å². The second kappa shape index (κ2) is 5.57. The molecule has 0 aromatic carbocycles. The zero-order valence-electron chi connectivity index (χ0n) is 10.1. The van der Waals surface area contributed by atoms with Gasteiger partial charge in [0.25, 0.3) is 5.91 Å². The van der Waals surface area contributed by atoms with Crippen molar-refractivity contribution in [3.8, 4) is 0 Å². The molecule has 0 saturated carbocycles. The van der Waals surface area contributed by atoms with E-state index in [1.807, 2.05) is 12.3 Å². The Hall–Kier alpha value is -2.28. The van der Waals surface area contributed by atoms with Crippen LogP contribution in [0.25, 0.3) is 0 Å². The highest BCUT2D eigenvalue weighted by atomic mass is 32.1. The molecule has 2 aromatic rings. The van der Waals surface area contributed by atoms with Crippen LogP contribution in [0.2, 0.25) is 0 Å². The molecule has 0 aliphatic carbocycles. The lowest BCUT2D eigenvalue weighted by atomic mass is 10.3. The SMILES string of the molecule is Cc1csc(CNC(=O)c2cccc(C(=O)O)n2)n1. The van der Waals surface area contributed by atoms with Crippen LogP contribution in [0, 0.1) is 6.92 Å². The number of carboxylic acids is 1. The average Bonchev–Trinajstić information content (AvgIpc) is 2.82. The maximum Gasteiger partial charge on any atom is 0.354 e. The van der Waals surface area contributed by atoms with Crippen molar-refractivity contribution in [1.29, 1.82) is 0 Å². The summed E-state index contributed by atoms with van der Waals surface area (Å²) < 4.78 is 0. The molecular formula is C12H11N3O3S. The summed E-state index contributed by atoms with van der Waals surface area (Å²) in [4.78, 5) is 30.5. The van der Waals surface area contributed by atoms with Crippen LogP contribution in [0.1, 0.15) is 31.7 Å². The maximum absolute atomic E-state index is 11.8. The summed E-state index contributed by atoms with van der Waals surface area (Å²) in [5.41, 5.74) is 0.825. The number of aromatic carboxylic acids is 1. The zero-order valence-corrected chi connectivity index (χ0v) is 10.9. The quantitative estimate of drug-likeness (QED) is 0.883. The van der Waals surface area contributed by atoms with Crippen molar-refractivity contribution in [2.24, 2.45) is 0 Å². The monoisotopic (exact) mass is 277 g/mol. The number of aromatic nitrogens is 2. The van der Waals surface area contributed by atoms with Gasteiger partial charge in [0.05, 0.1) is 6.54 Å². The molecular weight excluding hydrogens is 266 g/mol. The van der Waals surface area contributed by atoms with E-state index >= 15 is 0 Å². The smallest absolute Gasteiger partial charge is 0.354 e. The molecule has 6 nitrogen and oxygen atoms in total. The first-order valence-electron chi connectivity index (χ1n) is 5.46. The van der Waals surface area contributed by atoms with E-state index in [4.69, 9.17) is 5.11 Å². The Morgan fingerprint density at radius 1 is 1.32 bits per heavy atom. The number of hydrogen-bond donors (Lipinski definition) is 2. The third-order valence-electron chi connectivity index (χ3n) is 2.27. The molecule has 98 valence electrons. The minimum absolute atomic E-state index is 0.0770. The van der Waals surface area contributed by atoms with Gasteiger partial charge in [0, 0.05) is 11.1 Å². The zero-order chi connectivity index (χ0) is 13.8. The van der Waals surface area contributed by atoms with E-state index in [-0.39, 0.29) is 11.4 Å². The van der Waals surface area contributed by atoms with Crippen LogP contribution in [0.5, 0.6) is 0 Å². The molecule has 1 amide bonds. The first kappa shape index (κ1) is 13.2. The van der Waals surface area contributed by atoms with Crippen molar-refractivity contribution in [1.82, 2.24) is 15.3 Å². The van der Waals surface area contributed by atoms with Gasteiger partial charge in [0.1, 0.15) is 16.4 Å². The predicted molar refractivity (Wildman–Crippen MR) is 69.2 cm³/mol. The van der Waals surface area contributed by atoms with Gasteiger partial charge < -0.3 is 10.4 Å². The first-order valence-corrected chi connectivity index (χ1v) is 6.34. The van der Waals surface area contributed by atoms with Crippen LogP contribution >= 0.6 is 11.3 Å². The number of amides is 1. The summed E-state index contributed by atoms with van der Waals surface area (Å²) in [6.07, 6.45) is 0. The molecule has 19 heavy (non-hydrogen) atoms. The summed E-state index contributed by atoms with van der Waals surface area (Å²) in [6.45, 7) is 2.18. The summed E-state index contributed by atoms with van der Waals surface area (Å²) in [5, 5.41) is 14.1. The molecule has 0 saturated heterocycles. The standard InChI is InChI=1S/C12H11N3O3S/c1-7-6-19-10(14-7)5-13-11(16)8-3-2-4-9(15-8)12(17)18/h2-4,6H,5H2,1H3,(H,13,16)(H,17,18). The largest absolute Gasteiger partial charge is 0.477 e. The molecule has 2 heterocycles. The van der Waals surface area contributed by atoms with Gasteiger partial charge in [0.2, 0.25) is 0 Å². The van der Waals surface area contributed by atoms with E-state index in [1.165, 1.54) is 29.5 Å². The van der Waals surface area contributed by atoms with Gasteiger partial charge in [0.15, 0.2) is 0 Å². The van der Waals surface area contributed by atoms with Crippen LogP contribution < -0.4 is 5.32 Å². The molecule has 2 N–H and O–H groups in total. The Morgan fingerprint density at radius 3 is 2.68 bits per heavy atom. The summed E-state index contributed by atoms with van der Waals surface area (Å²) in [6, 6.07) is 4.29. The minimum Gasteiger partial charge on any atom is -0.477 e. The summed E-state index contributed by atoms with van der Waals surface area (Å²) >= 11 is 1.45. The van der Waals surface area contributed by atoms with Crippen molar-refractivity contribution in [3.05, 3.63) is 45.7 Å². The normalized spacial score (nSPS) is 10.2. The molecule has 2 aromatic heterocycles. The van der Waals surface area contributed by atoms with Gasteiger partial charge in [-0.1, -0.05) is 6.07 Å². The number of carbonyl (C=O) groups is 2. The third kappa shape index (κ3) is 3.35. The molecule has 7 heteroatoms. The van der Waals surface area contributed by atoms with Crippen molar-refractivity contribution in [2.75, 3.05) is 0 Å². The number of nitrogens with zero attached hydrogens (tertiary/aromatic N) is 2. The number of carboxylic acid groups (broad SMARTS) is 1. The maximum atomic E-state index is 11.8.